The Morgan fingerprint density at radius 3 is 2.45 bits per heavy atom. The van der Waals surface area contributed by atoms with Gasteiger partial charge >= 0.3 is 0 Å². The fourth-order valence-electron chi connectivity index (χ4n) is 2.82. The molecule has 1 amide bonds. The molecule has 1 heterocycles. The van der Waals surface area contributed by atoms with Crippen LogP contribution in [0.1, 0.15) is 38.3 Å². The number of nitrogens with zero attached hydrogens (tertiary/aromatic N) is 1. The highest BCUT2D eigenvalue weighted by Gasteiger charge is 2.23. The van der Waals surface area contributed by atoms with E-state index in [0.29, 0.717) is 6.04 Å². The maximum atomic E-state index is 11.2. The van der Waals surface area contributed by atoms with Crippen LogP contribution in [0.4, 0.5) is 5.69 Å². The fraction of sp³-hybridized carbons (Fsp3) is 0.562. The monoisotopic (exact) mass is 275 g/mol. The summed E-state index contributed by atoms with van der Waals surface area (Å²) >= 11 is 0. The molecule has 2 rings (SSSR count). The number of nitrogens with one attached hydrogen (secondary N) is 1. The number of amides is 1. The van der Waals surface area contributed by atoms with Gasteiger partial charge in [-0.05, 0) is 44.0 Å². The summed E-state index contributed by atoms with van der Waals surface area (Å²) in [6.07, 6.45) is 1.73. The van der Waals surface area contributed by atoms with Gasteiger partial charge in [-0.25, -0.2) is 0 Å². The van der Waals surface area contributed by atoms with Crippen molar-refractivity contribution in [3.05, 3.63) is 29.8 Å². The number of anilines is 1. The van der Waals surface area contributed by atoms with Gasteiger partial charge < -0.3 is 16.0 Å². The third-order valence-electron chi connectivity index (χ3n) is 4.17. The summed E-state index contributed by atoms with van der Waals surface area (Å²) in [7, 11) is 0. The highest BCUT2D eigenvalue weighted by Crippen LogP contribution is 2.24. The highest BCUT2D eigenvalue weighted by atomic mass is 16.1. The summed E-state index contributed by atoms with van der Waals surface area (Å²) in [5.74, 6) is -0.0984. The lowest BCUT2D eigenvalue weighted by Gasteiger charge is -2.32. The lowest BCUT2D eigenvalue weighted by atomic mass is 9.96. The second-order valence-corrected chi connectivity index (χ2v) is 5.53. The van der Waals surface area contributed by atoms with E-state index in [9.17, 15) is 4.79 Å². The van der Waals surface area contributed by atoms with Crippen LogP contribution in [-0.2, 0) is 4.79 Å². The van der Waals surface area contributed by atoms with Crippen molar-refractivity contribution in [2.24, 2.45) is 11.7 Å². The Bertz CT molecular complexity index is 436. The van der Waals surface area contributed by atoms with E-state index < -0.39 is 0 Å². The number of benzene rings is 1. The fourth-order valence-corrected chi connectivity index (χ4v) is 2.82. The molecule has 1 saturated heterocycles. The molecule has 0 aliphatic carbocycles. The Kier molecular flexibility index (Phi) is 5.01. The van der Waals surface area contributed by atoms with Crippen LogP contribution in [0, 0.1) is 5.92 Å². The van der Waals surface area contributed by atoms with Gasteiger partial charge in [0, 0.05) is 30.7 Å². The van der Waals surface area contributed by atoms with Crippen molar-refractivity contribution >= 4 is 11.6 Å². The largest absolute Gasteiger partial charge is 0.371 e. The Morgan fingerprint density at radius 2 is 1.95 bits per heavy atom. The molecule has 4 nitrogen and oxygen atoms in total. The molecule has 0 aromatic heterocycles. The molecule has 1 aliphatic rings. The second-order valence-electron chi connectivity index (χ2n) is 5.53. The maximum Gasteiger partial charge on any atom is 0.220 e. The van der Waals surface area contributed by atoms with Crippen LogP contribution in [0.25, 0.3) is 0 Å². The first kappa shape index (κ1) is 14.9. The van der Waals surface area contributed by atoms with Gasteiger partial charge in [0.15, 0.2) is 0 Å². The molecule has 0 bridgehead atoms. The average Bonchev–Trinajstić information content (AvgIpc) is 2.48. The number of carbonyl (C=O) groups excluding carboxylic acids is 1. The van der Waals surface area contributed by atoms with Crippen LogP contribution in [0.5, 0.6) is 0 Å². The molecule has 110 valence electrons. The predicted molar refractivity (Wildman–Crippen MR) is 82.7 cm³/mol. The molecule has 1 unspecified atom stereocenters. The van der Waals surface area contributed by atoms with Crippen LogP contribution in [0.2, 0.25) is 0 Å². The van der Waals surface area contributed by atoms with Gasteiger partial charge in [0.2, 0.25) is 5.91 Å². The summed E-state index contributed by atoms with van der Waals surface area (Å²) in [5, 5.41) is 3.41. The molecule has 20 heavy (non-hydrogen) atoms. The van der Waals surface area contributed by atoms with Crippen molar-refractivity contribution in [1.29, 1.82) is 0 Å². The average molecular weight is 275 g/mol. The summed E-state index contributed by atoms with van der Waals surface area (Å²) in [6.45, 7) is 7.10. The Hall–Kier alpha value is -1.55. The minimum atomic E-state index is -0.153. The molecule has 3 N–H and O–H groups in total. The standard InChI is InChI=1S/C16H25N3O/c1-3-18-12(2)13-4-6-15(7-5-13)19-10-8-14(9-11-19)16(17)20/h4-7,12,14,18H,3,8-11H2,1-2H3,(H2,17,20). The summed E-state index contributed by atoms with van der Waals surface area (Å²) in [5.41, 5.74) is 7.91. The van der Waals surface area contributed by atoms with E-state index in [0.717, 1.165) is 32.5 Å². The van der Waals surface area contributed by atoms with E-state index in [1.807, 2.05) is 0 Å². The second kappa shape index (κ2) is 6.75. The van der Waals surface area contributed by atoms with Crippen molar-refractivity contribution in [3.8, 4) is 0 Å². The van der Waals surface area contributed by atoms with Crippen molar-refractivity contribution < 1.29 is 4.79 Å². The Morgan fingerprint density at radius 1 is 1.35 bits per heavy atom. The molecule has 1 aliphatic heterocycles. The predicted octanol–water partition coefficient (Wildman–Crippen LogP) is 2.06. The normalized spacial score (nSPS) is 18.0. The molecule has 0 radical (unpaired) electrons. The van der Waals surface area contributed by atoms with Gasteiger partial charge in [0.1, 0.15) is 0 Å². The lowest BCUT2D eigenvalue weighted by Crippen LogP contribution is -2.38. The van der Waals surface area contributed by atoms with Crippen LogP contribution >= 0.6 is 0 Å². The first-order chi connectivity index (χ1) is 9.61. The SMILES string of the molecule is CCNC(C)c1ccc(N2CCC(C(N)=O)CC2)cc1. The zero-order chi connectivity index (χ0) is 14.5. The first-order valence-corrected chi connectivity index (χ1v) is 7.49. The third-order valence-corrected chi connectivity index (χ3v) is 4.17. The van der Waals surface area contributed by atoms with Gasteiger partial charge in [0.25, 0.3) is 0 Å². The zero-order valence-electron chi connectivity index (χ0n) is 12.4. The van der Waals surface area contributed by atoms with Crippen molar-refractivity contribution in [1.82, 2.24) is 5.32 Å². The Labute approximate surface area is 121 Å². The van der Waals surface area contributed by atoms with Crippen molar-refractivity contribution in [3.63, 3.8) is 0 Å². The number of piperidine rings is 1. The van der Waals surface area contributed by atoms with Gasteiger partial charge in [-0.15, -0.1) is 0 Å². The zero-order valence-corrected chi connectivity index (χ0v) is 12.4. The number of rotatable bonds is 5. The summed E-state index contributed by atoms with van der Waals surface area (Å²) in [6, 6.07) is 9.10. The minimum absolute atomic E-state index is 0.0549. The lowest BCUT2D eigenvalue weighted by molar-refractivity contribution is -0.122. The van der Waals surface area contributed by atoms with Crippen LogP contribution in [0.3, 0.4) is 0 Å². The van der Waals surface area contributed by atoms with E-state index >= 15 is 0 Å². The van der Waals surface area contributed by atoms with E-state index in [1.165, 1.54) is 11.3 Å². The first-order valence-electron chi connectivity index (χ1n) is 7.49. The molecule has 1 fully saturated rings. The number of carbonyl (C=O) groups is 1. The number of hydrogen-bond acceptors (Lipinski definition) is 3. The van der Waals surface area contributed by atoms with Crippen LogP contribution in [-0.4, -0.2) is 25.5 Å². The van der Waals surface area contributed by atoms with Crippen molar-refractivity contribution in [2.45, 2.75) is 32.7 Å². The van der Waals surface area contributed by atoms with E-state index in [-0.39, 0.29) is 11.8 Å². The number of nitrogens with two attached hydrogens (primary N) is 1. The smallest absolute Gasteiger partial charge is 0.220 e. The molecule has 4 heteroatoms. The third kappa shape index (κ3) is 3.51. The van der Waals surface area contributed by atoms with Gasteiger partial charge in [-0.2, -0.15) is 0 Å². The topological polar surface area (TPSA) is 58.4 Å². The molecule has 1 atom stereocenters. The highest BCUT2D eigenvalue weighted by molar-refractivity contribution is 5.77. The van der Waals surface area contributed by atoms with Gasteiger partial charge in [-0.3, -0.25) is 4.79 Å². The number of hydrogen-bond donors (Lipinski definition) is 2. The van der Waals surface area contributed by atoms with E-state index in [1.54, 1.807) is 0 Å². The van der Waals surface area contributed by atoms with Gasteiger partial charge in [0.05, 0.1) is 0 Å². The van der Waals surface area contributed by atoms with Crippen LogP contribution < -0.4 is 16.0 Å². The van der Waals surface area contributed by atoms with E-state index in [4.69, 9.17) is 5.73 Å². The summed E-state index contributed by atoms with van der Waals surface area (Å²) in [4.78, 5) is 13.5. The van der Waals surface area contributed by atoms with Crippen molar-refractivity contribution in [2.75, 3.05) is 24.5 Å². The van der Waals surface area contributed by atoms with Gasteiger partial charge in [-0.1, -0.05) is 19.1 Å². The molecule has 1 aromatic rings. The maximum absolute atomic E-state index is 11.2. The molecule has 0 spiro atoms. The van der Waals surface area contributed by atoms with E-state index in [2.05, 4.69) is 48.3 Å². The molecule has 0 saturated carbocycles. The van der Waals surface area contributed by atoms with Crippen LogP contribution in [0.15, 0.2) is 24.3 Å². The quantitative estimate of drug-likeness (QED) is 0.865. The molecule has 1 aromatic carbocycles. The molecular formula is C16H25N3O. The summed E-state index contributed by atoms with van der Waals surface area (Å²) < 4.78 is 0. The number of primary amides is 1. The minimum Gasteiger partial charge on any atom is -0.371 e. The molecular weight excluding hydrogens is 250 g/mol. The Balaban J connectivity index is 1.96.